The highest BCUT2D eigenvalue weighted by Crippen LogP contribution is 2.19. The normalized spacial score (nSPS) is 10.3. The largest absolute Gasteiger partial charge is 0.306 e. The average molecular weight is 225 g/mol. The van der Waals surface area contributed by atoms with Crippen LogP contribution in [0.5, 0.6) is 0 Å². The number of nitrogens with two attached hydrogens (primary N) is 1. The van der Waals surface area contributed by atoms with E-state index >= 15 is 0 Å². The summed E-state index contributed by atoms with van der Waals surface area (Å²) in [5.74, 6) is 4.94. The van der Waals surface area contributed by atoms with Gasteiger partial charge in [0.25, 0.3) is 0 Å². The van der Waals surface area contributed by atoms with Gasteiger partial charge in [0.05, 0.1) is 11.2 Å². The molecule has 2 heterocycles. The number of hydrazine groups is 1. The maximum atomic E-state index is 13.3. The molecule has 0 amide bonds. The SMILES string of the molecule is Cc1nc(-c2cscn2)nc(NN)c1F. The molecule has 0 fully saturated rings. The van der Waals surface area contributed by atoms with E-state index in [1.54, 1.807) is 17.8 Å². The van der Waals surface area contributed by atoms with Crippen LogP contribution in [0.1, 0.15) is 5.69 Å². The summed E-state index contributed by atoms with van der Waals surface area (Å²) in [6.45, 7) is 1.55. The summed E-state index contributed by atoms with van der Waals surface area (Å²) in [4.78, 5) is 11.9. The van der Waals surface area contributed by atoms with Gasteiger partial charge >= 0.3 is 0 Å². The summed E-state index contributed by atoms with van der Waals surface area (Å²) >= 11 is 1.42. The van der Waals surface area contributed by atoms with Gasteiger partial charge < -0.3 is 5.43 Å². The first kappa shape index (κ1) is 9.94. The van der Waals surface area contributed by atoms with Gasteiger partial charge in [0, 0.05) is 5.38 Å². The van der Waals surface area contributed by atoms with Crippen LogP contribution in [0.2, 0.25) is 0 Å². The highest BCUT2D eigenvalue weighted by molar-refractivity contribution is 7.07. The fraction of sp³-hybridized carbons (Fsp3) is 0.125. The molecule has 3 N–H and O–H groups in total. The molecular weight excluding hydrogens is 217 g/mol. The lowest BCUT2D eigenvalue weighted by atomic mass is 10.3. The van der Waals surface area contributed by atoms with Crippen molar-refractivity contribution >= 4 is 17.2 Å². The van der Waals surface area contributed by atoms with Gasteiger partial charge in [-0.15, -0.1) is 11.3 Å². The molecule has 0 atom stereocenters. The fourth-order valence-corrected chi connectivity index (χ4v) is 1.62. The first-order chi connectivity index (χ1) is 7.22. The van der Waals surface area contributed by atoms with Gasteiger partial charge in [-0.1, -0.05) is 0 Å². The Balaban J connectivity index is 2.55. The predicted octanol–water partition coefficient (Wildman–Crippen LogP) is 1.33. The van der Waals surface area contributed by atoms with Crippen molar-refractivity contribution in [3.8, 4) is 11.5 Å². The van der Waals surface area contributed by atoms with Gasteiger partial charge in [0.1, 0.15) is 5.69 Å². The third-order valence-electron chi connectivity index (χ3n) is 1.82. The van der Waals surface area contributed by atoms with Crippen molar-refractivity contribution in [1.29, 1.82) is 0 Å². The summed E-state index contributed by atoms with van der Waals surface area (Å²) < 4.78 is 13.3. The molecule has 0 saturated heterocycles. The third kappa shape index (κ3) is 1.79. The molecule has 0 aliphatic carbocycles. The fourth-order valence-electron chi connectivity index (χ4n) is 1.09. The minimum Gasteiger partial charge on any atom is -0.306 e. The van der Waals surface area contributed by atoms with Crippen LogP contribution in [0.3, 0.4) is 0 Å². The number of halogens is 1. The van der Waals surface area contributed by atoms with E-state index in [4.69, 9.17) is 5.84 Å². The van der Waals surface area contributed by atoms with Crippen molar-refractivity contribution in [3.05, 3.63) is 22.4 Å². The van der Waals surface area contributed by atoms with E-state index in [0.29, 0.717) is 11.5 Å². The van der Waals surface area contributed by atoms with E-state index in [1.807, 2.05) is 0 Å². The molecule has 2 aromatic rings. The zero-order valence-corrected chi connectivity index (χ0v) is 8.68. The van der Waals surface area contributed by atoms with Crippen LogP contribution in [0.15, 0.2) is 10.9 Å². The lowest BCUT2D eigenvalue weighted by Crippen LogP contribution is -2.13. The Bertz CT molecular complexity index is 470. The van der Waals surface area contributed by atoms with Crippen LogP contribution in [-0.2, 0) is 0 Å². The molecule has 78 valence electrons. The Hall–Kier alpha value is -1.60. The van der Waals surface area contributed by atoms with Crippen molar-refractivity contribution in [2.45, 2.75) is 6.92 Å². The molecule has 0 bridgehead atoms. The maximum Gasteiger partial charge on any atom is 0.187 e. The average Bonchev–Trinajstić information content (AvgIpc) is 2.75. The molecule has 7 heteroatoms. The first-order valence-corrected chi connectivity index (χ1v) is 5.06. The van der Waals surface area contributed by atoms with Gasteiger partial charge in [-0.05, 0) is 6.92 Å². The zero-order chi connectivity index (χ0) is 10.8. The predicted molar refractivity (Wildman–Crippen MR) is 55.6 cm³/mol. The van der Waals surface area contributed by atoms with Crippen LogP contribution in [0.4, 0.5) is 10.2 Å². The Morgan fingerprint density at radius 3 is 2.87 bits per heavy atom. The first-order valence-electron chi connectivity index (χ1n) is 4.11. The molecule has 0 aliphatic rings. The van der Waals surface area contributed by atoms with Crippen molar-refractivity contribution in [3.63, 3.8) is 0 Å². The Morgan fingerprint density at radius 1 is 1.47 bits per heavy atom. The number of rotatable bonds is 2. The van der Waals surface area contributed by atoms with Gasteiger partial charge in [-0.3, -0.25) is 0 Å². The Kier molecular flexibility index (Phi) is 2.57. The van der Waals surface area contributed by atoms with Crippen molar-refractivity contribution < 1.29 is 4.39 Å². The van der Waals surface area contributed by atoms with Crippen molar-refractivity contribution in [2.24, 2.45) is 5.84 Å². The number of thiazole rings is 1. The van der Waals surface area contributed by atoms with Crippen LogP contribution in [0, 0.1) is 12.7 Å². The summed E-state index contributed by atoms with van der Waals surface area (Å²) in [6, 6.07) is 0. The molecule has 0 saturated carbocycles. The number of hydrogen-bond acceptors (Lipinski definition) is 6. The Morgan fingerprint density at radius 2 is 2.27 bits per heavy atom. The number of nitrogens with zero attached hydrogens (tertiary/aromatic N) is 3. The lowest BCUT2D eigenvalue weighted by molar-refractivity contribution is 0.606. The lowest BCUT2D eigenvalue weighted by Gasteiger charge is -2.05. The van der Waals surface area contributed by atoms with E-state index in [0.717, 1.165) is 0 Å². The summed E-state index contributed by atoms with van der Waals surface area (Å²) in [5, 5.41) is 1.78. The van der Waals surface area contributed by atoms with E-state index < -0.39 is 5.82 Å². The quantitative estimate of drug-likeness (QED) is 0.595. The highest BCUT2D eigenvalue weighted by Gasteiger charge is 2.12. The second-order valence-electron chi connectivity index (χ2n) is 2.81. The van der Waals surface area contributed by atoms with Crippen LogP contribution >= 0.6 is 11.3 Å². The van der Waals surface area contributed by atoms with E-state index in [-0.39, 0.29) is 11.5 Å². The molecule has 2 rings (SSSR count). The van der Waals surface area contributed by atoms with Crippen LogP contribution in [-0.4, -0.2) is 15.0 Å². The second-order valence-corrected chi connectivity index (χ2v) is 3.53. The molecule has 0 aliphatic heterocycles. The number of aromatic nitrogens is 3. The van der Waals surface area contributed by atoms with E-state index in [2.05, 4.69) is 20.4 Å². The molecule has 0 aromatic carbocycles. The van der Waals surface area contributed by atoms with Crippen molar-refractivity contribution in [2.75, 3.05) is 5.43 Å². The van der Waals surface area contributed by atoms with Crippen LogP contribution in [0.25, 0.3) is 11.5 Å². The number of aryl methyl sites for hydroxylation is 1. The number of nitrogens with one attached hydrogen (secondary N) is 1. The molecule has 15 heavy (non-hydrogen) atoms. The molecule has 0 unspecified atom stereocenters. The maximum absolute atomic E-state index is 13.3. The minimum atomic E-state index is -0.545. The molecule has 2 aromatic heterocycles. The van der Waals surface area contributed by atoms with Crippen molar-refractivity contribution in [1.82, 2.24) is 15.0 Å². The minimum absolute atomic E-state index is 0.0227. The molecule has 0 radical (unpaired) electrons. The number of hydrogen-bond donors (Lipinski definition) is 2. The number of nitrogen functional groups attached to an aromatic ring is 1. The highest BCUT2D eigenvalue weighted by atomic mass is 32.1. The monoisotopic (exact) mass is 225 g/mol. The summed E-state index contributed by atoms with van der Waals surface area (Å²) in [7, 11) is 0. The molecule has 0 spiro atoms. The molecular formula is C8H8FN5S. The second kappa shape index (κ2) is 3.87. The zero-order valence-electron chi connectivity index (χ0n) is 7.86. The summed E-state index contributed by atoms with van der Waals surface area (Å²) in [5.41, 5.74) is 4.70. The van der Waals surface area contributed by atoms with Gasteiger partial charge in [-0.2, -0.15) is 0 Å². The smallest absolute Gasteiger partial charge is 0.187 e. The van der Waals surface area contributed by atoms with Gasteiger partial charge in [0.15, 0.2) is 17.5 Å². The topological polar surface area (TPSA) is 76.7 Å². The van der Waals surface area contributed by atoms with E-state index in [9.17, 15) is 4.39 Å². The molecule has 5 nitrogen and oxygen atoms in total. The van der Waals surface area contributed by atoms with Gasteiger partial charge in [-0.25, -0.2) is 25.2 Å². The van der Waals surface area contributed by atoms with Gasteiger partial charge in [0.2, 0.25) is 0 Å². The standard InChI is InChI=1S/C8H8FN5S/c1-4-6(9)8(14-10)13-7(12-4)5-2-15-3-11-5/h2-3H,10H2,1H3,(H,12,13,14). The third-order valence-corrected chi connectivity index (χ3v) is 2.40. The number of anilines is 1. The van der Waals surface area contributed by atoms with Crippen LogP contribution < -0.4 is 11.3 Å². The summed E-state index contributed by atoms with van der Waals surface area (Å²) in [6.07, 6.45) is 0. The Labute approximate surface area is 89.2 Å². The van der Waals surface area contributed by atoms with E-state index in [1.165, 1.54) is 11.3 Å².